The van der Waals surface area contributed by atoms with Crippen LogP contribution in [0.15, 0.2) is 24.5 Å². The van der Waals surface area contributed by atoms with E-state index in [1.54, 1.807) is 12.4 Å². The first kappa shape index (κ1) is 15.8. The van der Waals surface area contributed by atoms with E-state index in [0.717, 1.165) is 43.3 Å². The van der Waals surface area contributed by atoms with Crippen LogP contribution in [0.1, 0.15) is 25.1 Å². The van der Waals surface area contributed by atoms with Crippen LogP contribution >= 0.6 is 12.4 Å². The van der Waals surface area contributed by atoms with Crippen LogP contribution < -0.4 is 5.73 Å². The van der Waals surface area contributed by atoms with Gasteiger partial charge in [0.15, 0.2) is 0 Å². The highest BCUT2D eigenvalue weighted by molar-refractivity contribution is 5.85. The summed E-state index contributed by atoms with van der Waals surface area (Å²) in [6.45, 7) is 7.58. The Hall–Kier alpha value is -1.59. The second kappa shape index (κ2) is 6.45. The lowest BCUT2D eigenvalue weighted by molar-refractivity contribution is 0.226. The molecule has 0 saturated heterocycles. The first-order valence-electron chi connectivity index (χ1n) is 7.14. The lowest BCUT2D eigenvalue weighted by Gasteiger charge is -2.27. The smallest absolute Gasteiger partial charge is 0.132 e. The maximum atomic E-state index is 6.30. The zero-order valence-corrected chi connectivity index (χ0v) is 13.3. The standard InChI is InChI=1S/C15H21N5.ClH/c1-11(2)9-19-8-5-14-13(10-19)15(16)20(18-14)12-3-6-17-7-4-12;/h3-4,6-7,11H,5,8-10,16H2,1-2H3;1H. The summed E-state index contributed by atoms with van der Waals surface area (Å²) in [6, 6.07) is 3.86. The van der Waals surface area contributed by atoms with Gasteiger partial charge in [-0.05, 0) is 18.1 Å². The molecule has 3 rings (SSSR count). The fraction of sp³-hybridized carbons (Fsp3) is 0.467. The van der Waals surface area contributed by atoms with E-state index < -0.39 is 0 Å². The van der Waals surface area contributed by atoms with Crippen molar-refractivity contribution in [2.75, 3.05) is 18.8 Å². The maximum absolute atomic E-state index is 6.30. The van der Waals surface area contributed by atoms with Crippen LogP contribution in [0.5, 0.6) is 0 Å². The molecule has 6 heteroatoms. The molecule has 1 aliphatic rings. The molecule has 2 aromatic heterocycles. The molecule has 0 spiro atoms. The molecule has 0 aliphatic carbocycles. The van der Waals surface area contributed by atoms with Crippen molar-refractivity contribution in [1.82, 2.24) is 19.7 Å². The van der Waals surface area contributed by atoms with Crippen LogP contribution in [-0.2, 0) is 13.0 Å². The van der Waals surface area contributed by atoms with E-state index in [0.29, 0.717) is 5.92 Å². The van der Waals surface area contributed by atoms with Crippen LogP contribution in [0.25, 0.3) is 5.69 Å². The number of pyridine rings is 1. The molecule has 2 aromatic rings. The minimum absolute atomic E-state index is 0. The fourth-order valence-electron chi connectivity index (χ4n) is 2.80. The van der Waals surface area contributed by atoms with Crippen molar-refractivity contribution >= 4 is 18.2 Å². The molecular weight excluding hydrogens is 286 g/mol. The fourth-order valence-corrected chi connectivity index (χ4v) is 2.80. The Morgan fingerprint density at radius 3 is 2.67 bits per heavy atom. The van der Waals surface area contributed by atoms with Gasteiger partial charge in [-0.1, -0.05) is 13.8 Å². The number of nitrogens with two attached hydrogens (primary N) is 1. The highest BCUT2D eigenvalue weighted by Gasteiger charge is 2.24. The van der Waals surface area contributed by atoms with Crippen molar-refractivity contribution in [3.8, 4) is 5.69 Å². The molecule has 3 heterocycles. The minimum Gasteiger partial charge on any atom is -0.383 e. The second-order valence-electron chi connectivity index (χ2n) is 5.81. The van der Waals surface area contributed by atoms with E-state index in [9.17, 15) is 0 Å². The molecule has 5 nitrogen and oxygen atoms in total. The zero-order valence-electron chi connectivity index (χ0n) is 12.5. The van der Waals surface area contributed by atoms with E-state index in [-0.39, 0.29) is 12.4 Å². The van der Waals surface area contributed by atoms with E-state index >= 15 is 0 Å². The first-order valence-corrected chi connectivity index (χ1v) is 7.14. The summed E-state index contributed by atoms with van der Waals surface area (Å²) >= 11 is 0. The number of aromatic nitrogens is 3. The third-order valence-corrected chi connectivity index (χ3v) is 3.68. The topological polar surface area (TPSA) is 60.0 Å². The van der Waals surface area contributed by atoms with Crippen LogP contribution in [0.2, 0.25) is 0 Å². The molecule has 114 valence electrons. The summed E-state index contributed by atoms with van der Waals surface area (Å²) in [5.74, 6) is 1.44. The van der Waals surface area contributed by atoms with Crippen molar-refractivity contribution in [2.45, 2.75) is 26.8 Å². The number of rotatable bonds is 3. The summed E-state index contributed by atoms with van der Waals surface area (Å²) in [5, 5.41) is 4.67. The number of hydrogen-bond donors (Lipinski definition) is 1. The Kier molecular flexibility index (Phi) is 4.85. The van der Waals surface area contributed by atoms with Gasteiger partial charge in [-0.2, -0.15) is 5.10 Å². The third-order valence-electron chi connectivity index (χ3n) is 3.68. The van der Waals surface area contributed by atoms with Crippen LogP contribution in [0.3, 0.4) is 0 Å². The predicted octanol–water partition coefficient (Wildman–Crippen LogP) is 2.29. The monoisotopic (exact) mass is 307 g/mol. The number of nitrogens with zero attached hydrogens (tertiary/aromatic N) is 4. The summed E-state index contributed by atoms with van der Waals surface area (Å²) in [5.41, 5.74) is 9.60. The van der Waals surface area contributed by atoms with Gasteiger partial charge in [-0.15, -0.1) is 12.4 Å². The van der Waals surface area contributed by atoms with Gasteiger partial charge in [-0.25, -0.2) is 4.68 Å². The number of anilines is 1. The average molecular weight is 308 g/mol. The first-order chi connectivity index (χ1) is 9.65. The molecule has 0 aromatic carbocycles. The number of nitrogen functional groups attached to an aromatic ring is 1. The van der Waals surface area contributed by atoms with E-state index in [4.69, 9.17) is 5.73 Å². The Balaban J connectivity index is 0.00000161. The third kappa shape index (κ3) is 3.19. The van der Waals surface area contributed by atoms with Crippen LogP contribution in [0, 0.1) is 5.92 Å². The summed E-state index contributed by atoms with van der Waals surface area (Å²) in [7, 11) is 0. The SMILES string of the molecule is CC(C)CN1CCc2nn(-c3ccncc3)c(N)c2C1.Cl. The molecule has 0 unspecified atom stereocenters. The van der Waals surface area contributed by atoms with Gasteiger partial charge in [0.25, 0.3) is 0 Å². The minimum atomic E-state index is 0. The van der Waals surface area contributed by atoms with Crippen LogP contribution in [0.4, 0.5) is 5.82 Å². The summed E-state index contributed by atoms with van der Waals surface area (Å²) in [6.07, 6.45) is 4.51. The largest absolute Gasteiger partial charge is 0.383 e. The van der Waals surface area contributed by atoms with Gasteiger partial charge in [0.05, 0.1) is 11.4 Å². The van der Waals surface area contributed by atoms with Gasteiger partial charge in [0, 0.05) is 44.0 Å². The molecule has 0 amide bonds. The Bertz CT molecular complexity index is 594. The average Bonchev–Trinajstić information content (AvgIpc) is 2.76. The molecule has 0 atom stereocenters. The Morgan fingerprint density at radius 2 is 2.00 bits per heavy atom. The highest BCUT2D eigenvalue weighted by atomic mass is 35.5. The Morgan fingerprint density at radius 1 is 1.29 bits per heavy atom. The zero-order chi connectivity index (χ0) is 14.1. The van der Waals surface area contributed by atoms with Gasteiger partial charge in [0.2, 0.25) is 0 Å². The number of fused-ring (bicyclic) bond motifs is 1. The molecule has 0 saturated carbocycles. The van der Waals surface area contributed by atoms with Gasteiger partial charge >= 0.3 is 0 Å². The van der Waals surface area contributed by atoms with Crippen molar-refractivity contribution in [1.29, 1.82) is 0 Å². The van der Waals surface area contributed by atoms with Crippen molar-refractivity contribution in [3.05, 3.63) is 35.8 Å². The second-order valence-corrected chi connectivity index (χ2v) is 5.81. The summed E-state index contributed by atoms with van der Waals surface area (Å²) < 4.78 is 1.84. The molecule has 1 aliphatic heterocycles. The molecule has 2 N–H and O–H groups in total. The molecule has 0 fully saturated rings. The van der Waals surface area contributed by atoms with Crippen LogP contribution in [-0.4, -0.2) is 32.8 Å². The van der Waals surface area contributed by atoms with E-state index in [2.05, 4.69) is 28.8 Å². The van der Waals surface area contributed by atoms with Gasteiger partial charge < -0.3 is 5.73 Å². The lowest BCUT2D eigenvalue weighted by Crippen LogP contribution is -2.33. The molecule has 0 bridgehead atoms. The van der Waals surface area contributed by atoms with Gasteiger partial charge in [0.1, 0.15) is 5.82 Å². The van der Waals surface area contributed by atoms with E-state index in [1.807, 2.05) is 16.8 Å². The highest BCUT2D eigenvalue weighted by Crippen LogP contribution is 2.26. The van der Waals surface area contributed by atoms with Crippen molar-refractivity contribution in [2.24, 2.45) is 5.92 Å². The van der Waals surface area contributed by atoms with Crippen molar-refractivity contribution < 1.29 is 0 Å². The molecular formula is C15H22ClN5. The Labute approximate surface area is 131 Å². The molecule has 21 heavy (non-hydrogen) atoms. The summed E-state index contributed by atoms with van der Waals surface area (Å²) in [4.78, 5) is 6.50. The quantitative estimate of drug-likeness (QED) is 0.945. The van der Waals surface area contributed by atoms with E-state index in [1.165, 1.54) is 5.56 Å². The van der Waals surface area contributed by atoms with Crippen molar-refractivity contribution in [3.63, 3.8) is 0 Å². The molecule has 0 radical (unpaired) electrons. The lowest BCUT2D eigenvalue weighted by atomic mass is 10.1. The predicted molar refractivity (Wildman–Crippen MR) is 86.8 cm³/mol. The van der Waals surface area contributed by atoms with Gasteiger partial charge in [-0.3, -0.25) is 9.88 Å². The number of halogens is 1. The number of hydrogen-bond acceptors (Lipinski definition) is 4. The maximum Gasteiger partial charge on any atom is 0.132 e. The normalized spacial score (nSPS) is 14.8.